The minimum atomic E-state index is -3.39. The summed E-state index contributed by atoms with van der Waals surface area (Å²) < 4.78 is 27.0. The Morgan fingerprint density at radius 1 is 1.04 bits per heavy atom. The summed E-state index contributed by atoms with van der Waals surface area (Å²) in [6.07, 6.45) is 5.84. The summed E-state index contributed by atoms with van der Waals surface area (Å²) in [6, 6.07) is 14.8. The Balaban J connectivity index is 1.63. The van der Waals surface area contributed by atoms with Crippen LogP contribution in [0.1, 0.15) is 24.0 Å². The van der Waals surface area contributed by atoms with E-state index in [-0.39, 0.29) is 0 Å². The van der Waals surface area contributed by atoms with E-state index in [9.17, 15) is 8.42 Å². The van der Waals surface area contributed by atoms with Gasteiger partial charge in [0, 0.05) is 18.1 Å². The highest BCUT2D eigenvalue weighted by atomic mass is 35.5. The van der Waals surface area contributed by atoms with Crippen LogP contribution in [0.4, 0.5) is 0 Å². The third kappa shape index (κ3) is 4.32. The molecule has 0 N–H and O–H groups in total. The first kappa shape index (κ1) is 18.2. The summed E-state index contributed by atoms with van der Waals surface area (Å²) in [5.41, 5.74) is 2.06. The van der Waals surface area contributed by atoms with E-state index in [0.29, 0.717) is 23.9 Å². The molecule has 0 atom stereocenters. The van der Waals surface area contributed by atoms with E-state index in [2.05, 4.69) is 6.08 Å². The number of hydrogen-bond donors (Lipinski definition) is 0. The Morgan fingerprint density at radius 2 is 1.68 bits per heavy atom. The van der Waals surface area contributed by atoms with Gasteiger partial charge in [0.15, 0.2) is 0 Å². The summed E-state index contributed by atoms with van der Waals surface area (Å²) in [7, 11) is -3.39. The second-order valence-electron chi connectivity index (χ2n) is 6.44. The number of aryl methyl sites for hydroxylation is 1. The predicted molar refractivity (Wildman–Crippen MR) is 103 cm³/mol. The van der Waals surface area contributed by atoms with Crippen molar-refractivity contribution >= 4 is 27.7 Å². The smallest absolute Gasteiger partial charge is 0.207 e. The number of nitrogens with zero attached hydrogens (tertiary/aromatic N) is 1. The van der Waals surface area contributed by atoms with Crippen molar-refractivity contribution in [2.45, 2.75) is 24.7 Å². The van der Waals surface area contributed by atoms with Gasteiger partial charge in [-0.25, -0.2) is 8.42 Å². The van der Waals surface area contributed by atoms with Crippen molar-refractivity contribution in [1.82, 2.24) is 4.31 Å². The Kier molecular flexibility index (Phi) is 5.62. The molecule has 0 unspecified atom stereocenters. The van der Waals surface area contributed by atoms with Crippen LogP contribution in [-0.4, -0.2) is 25.8 Å². The molecule has 0 spiro atoms. The number of hydrogen-bond acceptors (Lipinski definition) is 2. The fraction of sp³-hybridized carbons (Fsp3) is 0.300. The zero-order valence-corrected chi connectivity index (χ0v) is 15.8. The lowest BCUT2D eigenvalue weighted by molar-refractivity contribution is 0.306. The molecular formula is C20H22ClNO2S. The quantitative estimate of drug-likeness (QED) is 0.772. The zero-order chi connectivity index (χ0) is 17.9. The van der Waals surface area contributed by atoms with Gasteiger partial charge in [0.05, 0.1) is 4.90 Å². The summed E-state index contributed by atoms with van der Waals surface area (Å²) in [5.74, 6) is 0.376. The zero-order valence-electron chi connectivity index (χ0n) is 14.2. The maximum absolute atomic E-state index is 12.7. The number of rotatable bonds is 4. The van der Waals surface area contributed by atoms with Crippen molar-refractivity contribution in [2.24, 2.45) is 5.92 Å². The van der Waals surface area contributed by atoms with Crippen molar-refractivity contribution in [3.63, 3.8) is 0 Å². The highest BCUT2D eigenvalue weighted by Gasteiger charge is 2.28. The molecule has 0 saturated carbocycles. The highest BCUT2D eigenvalue weighted by molar-refractivity contribution is 7.89. The van der Waals surface area contributed by atoms with Crippen molar-refractivity contribution in [3.05, 3.63) is 70.8 Å². The van der Waals surface area contributed by atoms with Gasteiger partial charge in [-0.05, 0) is 49.4 Å². The Morgan fingerprint density at radius 3 is 2.32 bits per heavy atom. The molecule has 2 aromatic rings. The fourth-order valence-corrected chi connectivity index (χ4v) is 4.69. The number of piperidine rings is 1. The fourth-order valence-electron chi connectivity index (χ4n) is 3.02. The van der Waals surface area contributed by atoms with Crippen LogP contribution in [0.15, 0.2) is 59.5 Å². The first-order valence-corrected chi connectivity index (χ1v) is 10.3. The van der Waals surface area contributed by atoms with Crippen LogP contribution in [0.2, 0.25) is 5.02 Å². The molecular weight excluding hydrogens is 354 g/mol. The van der Waals surface area contributed by atoms with Crippen molar-refractivity contribution in [1.29, 1.82) is 0 Å². The van der Waals surface area contributed by atoms with E-state index in [1.165, 1.54) is 0 Å². The van der Waals surface area contributed by atoms with Crippen LogP contribution in [0.3, 0.4) is 0 Å². The number of sulfonamides is 1. The summed E-state index contributed by atoms with van der Waals surface area (Å²) in [5, 5.41) is 0.734. The minimum absolute atomic E-state index is 0.376. The second-order valence-corrected chi connectivity index (χ2v) is 8.78. The number of benzene rings is 2. The number of halogens is 1. The monoisotopic (exact) mass is 375 g/mol. The molecule has 0 aliphatic carbocycles. The molecule has 1 aliphatic rings. The molecule has 2 aromatic carbocycles. The van der Waals surface area contributed by atoms with Gasteiger partial charge in [-0.2, -0.15) is 4.31 Å². The molecule has 0 amide bonds. The van der Waals surface area contributed by atoms with Gasteiger partial charge in [-0.15, -0.1) is 0 Å². The lowest BCUT2D eigenvalue weighted by atomic mass is 9.97. The first-order valence-electron chi connectivity index (χ1n) is 8.46. The van der Waals surface area contributed by atoms with Gasteiger partial charge >= 0.3 is 0 Å². The van der Waals surface area contributed by atoms with Gasteiger partial charge in [0.25, 0.3) is 0 Å². The van der Waals surface area contributed by atoms with Gasteiger partial charge in [0.1, 0.15) is 0 Å². The molecule has 25 heavy (non-hydrogen) atoms. The van der Waals surface area contributed by atoms with Crippen LogP contribution < -0.4 is 0 Å². The van der Waals surface area contributed by atoms with E-state index in [4.69, 9.17) is 11.6 Å². The lowest BCUT2D eigenvalue weighted by Gasteiger charge is -2.30. The molecule has 1 heterocycles. The van der Waals surface area contributed by atoms with E-state index in [1.807, 2.05) is 49.4 Å². The van der Waals surface area contributed by atoms with Crippen LogP contribution in [0.5, 0.6) is 0 Å². The van der Waals surface area contributed by atoms with Crippen molar-refractivity contribution < 1.29 is 8.42 Å². The van der Waals surface area contributed by atoms with Crippen LogP contribution in [-0.2, 0) is 10.0 Å². The first-order chi connectivity index (χ1) is 12.0. The molecule has 1 fully saturated rings. The normalized spacial score (nSPS) is 17.2. The minimum Gasteiger partial charge on any atom is -0.207 e. The highest BCUT2D eigenvalue weighted by Crippen LogP contribution is 2.26. The summed E-state index contributed by atoms with van der Waals surface area (Å²) in [4.78, 5) is 0.378. The molecule has 5 heteroatoms. The molecule has 1 saturated heterocycles. The SMILES string of the molecule is Cc1ccc(S(=O)(=O)N2CCC(/C=C\c3ccccc3Cl)CC2)cc1. The summed E-state index contributed by atoms with van der Waals surface area (Å²) >= 11 is 6.17. The summed E-state index contributed by atoms with van der Waals surface area (Å²) in [6.45, 7) is 3.05. The van der Waals surface area contributed by atoms with Gasteiger partial charge in [0.2, 0.25) is 10.0 Å². The Bertz CT molecular complexity index is 852. The lowest BCUT2D eigenvalue weighted by Crippen LogP contribution is -2.38. The Labute approximate surface area is 155 Å². The average Bonchev–Trinajstić information content (AvgIpc) is 2.62. The van der Waals surface area contributed by atoms with Crippen LogP contribution in [0.25, 0.3) is 6.08 Å². The van der Waals surface area contributed by atoms with Gasteiger partial charge in [-0.1, -0.05) is 59.6 Å². The van der Waals surface area contributed by atoms with E-state index < -0.39 is 10.0 Å². The third-order valence-corrected chi connectivity index (χ3v) is 6.87. The molecule has 1 aliphatic heterocycles. The van der Waals surface area contributed by atoms with E-state index in [1.54, 1.807) is 16.4 Å². The number of allylic oxidation sites excluding steroid dienone is 1. The molecule has 0 aromatic heterocycles. The van der Waals surface area contributed by atoms with E-state index in [0.717, 1.165) is 29.0 Å². The largest absolute Gasteiger partial charge is 0.243 e. The Hall–Kier alpha value is -1.62. The van der Waals surface area contributed by atoms with Crippen molar-refractivity contribution in [3.8, 4) is 0 Å². The van der Waals surface area contributed by atoms with Gasteiger partial charge < -0.3 is 0 Å². The van der Waals surface area contributed by atoms with Crippen LogP contribution >= 0.6 is 11.6 Å². The van der Waals surface area contributed by atoms with E-state index >= 15 is 0 Å². The second kappa shape index (κ2) is 7.73. The van der Waals surface area contributed by atoms with Gasteiger partial charge in [-0.3, -0.25) is 0 Å². The maximum Gasteiger partial charge on any atom is 0.243 e. The third-order valence-electron chi connectivity index (χ3n) is 4.61. The molecule has 0 bridgehead atoms. The van der Waals surface area contributed by atoms with Crippen molar-refractivity contribution in [2.75, 3.05) is 13.1 Å². The topological polar surface area (TPSA) is 37.4 Å². The standard InChI is InChI=1S/C20H22ClNO2S/c1-16-6-10-19(11-7-16)25(23,24)22-14-12-17(13-15-22)8-9-18-4-2-3-5-20(18)21/h2-11,17H,12-15H2,1H3/b9-8-. The molecule has 132 valence electrons. The van der Waals surface area contributed by atoms with Crippen LogP contribution in [0, 0.1) is 12.8 Å². The predicted octanol–water partition coefficient (Wildman–Crippen LogP) is 4.76. The maximum atomic E-state index is 12.7. The molecule has 0 radical (unpaired) electrons. The molecule has 3 nitrogen and oxygen atoms in total. The average molecular weight is 376 g/mol. The molecule has 3 rings (SSSR count).